The number of nitrogens with one attached hydrogen (secondary N) is 1. The molecule has 0 radical (unpaired) electrons. The molecular formula is C12H18N4O5S2. The van der Waals surface area contributed by atoms with Crippen LogP contribution in [0.1, 0.15) is 26.2 Å². The van der Waals surface area contributed by atoms with Crippen molar-refractivity contribution in [3.8, 4) is 0 Å². The van der Waals surface area contributed by atoms with Crippen molar-refractivity contribution in [2.75, 3.05) is 31.6 Å². The molecule has 2 fully saturated rings. The van der Waals surface area contributed by atoms with Gasteiger partial charge in [0, 0.05) is 32.9 Å². The Morgan fingerprint density at radius 2 is 1.91 bits per heavy atom. The van der Waals surface area contributed by atoms with E-state index < -0.39 is 15.8 Å². The molecule has 128 valence electrons. The van der Waals surface area contributed by atoms with E-state index in [0.29, 0.717) is 39.1 Å². The largest absolute Gasteiger partial charge is 0.350 e. The van der Waals surface area contributed by atoms with E-state index in [4.69, 9.17) is 9.47 Å². The van der Waals surface area contributed by atoms with Gasteiger partial charge in [-0.15, -0.1) is 10.2 Å². The van der Waals surface area contributed by atoms with E-state index in [2.05, 4.69) is 15.5 Å². The Kier molecular flexibility index (Phi) is 4.65. The van der Waals surface area contributed by atoms with Crippen LogP contribution in [0.4, 0.5) is 5.13 Å². The summed E-state index contributed by atoms with van der Waals surface area (Å²) in [5.41, 5.74) is 0. The van der Waals surface area contributed by atoms with Crippen molar-refractivity contribution in [2.45, 2.75) is 36.3 Å². The van der Waals surface area contributed by atoms with Gasteiger partial charge in [-0.2, -0.15) is 4.31 Å². The van der Waals surface area contributed by atoms with Gasteiger partial charge in [0.15, 0.2) is 5.79 Å². The normalized spacial score (nSPS) is 22.1. The zero-order chi connectivity index (χ0) is 16.5. The van der Waals surface area contributed by atoms with E-state index in [1.807, 2.05) is 0 Å². The van der Waals surface area contributed by atoms with Crippen molar-refractivity contribution >= 4 is 32.4 Å². The summed E-state index contributed by atoms with van der Waals surface area (Å²) in [5.74, 6) is -0.969. The van der Waals surface area contributed by atoms with Crippen molar-refractivity contribution in [1.29, 1.82) is 0 Å². The molecule has 23 heavy (non-hydrogen) atoms. The van der Waals surface area contributed by atoms with Crippen LogP contribution in [0.3, 0.4) is 0 Å². The number of nitrogens with zero attached hydrogens (tertiary/aromatic N) is 3. The molecular weight excluding hydrogens is 344 g/mol. The predicted molar refractivity (Wildman–Crippen MR) is 81.5 cm³/mol. The standard InChI is InChI=1S/C12H18N4O5S2/c1-9(17)13-10-14-15-11(22-10)23(18,19)16-5-3-12(4-6-16)20-7-2-8-21-12/h2-8H2,1H3,(H,13,14,17). The molecule has 0 saturated carbocycles. The van der Waals surface area contributed by atoms with Gasteiger partial charge in [0.05, 0.1) is 13.2 Å². The molecule has 3 rings (SSSR count). The van der Waals surface area contributed by atoms with E-state index in [1.165, 1.54) is 11.2 Å². The Morgan fingerprint density at radius 3 is 2.52 bits per heavy atom. The molecule has 2 aliphatic heterocycles. The Labute approximate surface area is 138 Å². The molecule has 1 amide bonds. The number of piperidine rings is 1. The van der Waals surface area contributed by atoms with Crippen LogP contribution >= 0.6 is 11.3 Å². The topological polar surface area (TPSA) is 111 Å². The minimum absolute atomic E-state index is 0.123. The smallest absolute Gasteiger partial charge is 0.272 e. The first kappa shape index (κ1) is 16.7. The number of hydrogen-bond acceptors (Lipinski definition) is 8. The highest BCUT2D eigenvalue weighted by Gasteiger charge is 2.42. The number of amides is 1. The summed E-state index contributed by atoms with van der Waals surface area (Å²) >= 11 is 0.843. The van der Waals surface area contributed by atoms with E-state index in [1.54, 1.807) is 0 Å². The van der Waals surface area contributed by atoms with Crippen LogP contribution in [-0.4, -0.2) is 60.9 Å². The fraction of sp³-hybridized carbons (Fsp3) is 0.750. The number of carbonyl (C=O) groups excluding carboxylic acids is 1. The monoisotopic (exact) mass is 362 g/mol. The van der Waals surface area contributed by atoms with E-state index in [-0.39, 0.29) is 15.4 Å². The van der Waals surface area contributed by atoms with Crippen molar-refractivity contribution in [3.63, 3.8) is 0 Å². The van der Waals surface area contributed by atoms with Crippen LogP contribution in [0.15, 0.2) is 4.34 Å². The lowest BCUT2D eigenvalue weighted by molar-refractivity contribution is -0.280. The average Bonchev–Trinajstić information content (AvgIpc) is 2.97. The molecule has 2 aliphatic rings. The molecule has 11 heteroatoms. The lowest BCUT2D eigenvalue weighted by atomic mass is 10.0. The summed E-state index contributed by atoms with van der Waals surface area (Å²) in [6.45, 7) is 3.21. The van der Waals surface area contributed by atoms with Crippen LogP contribution < -0.4 is 5.32 Å². The average molecular weight is 362 g/mol. The summed E-state index contributed by atoms with van der Waals surface area (Å²) in [5, 5.41) is 9.96. The van der Waals surface area contributed by atoms with Crippen molar-refractivity contribution < 1.29 is 22.7 Å². The maximum Gasteiger partial charge on any atom is 0.272 e. The zero-order valence-electron chi connectivity index (χ0n) is 12.6. The summed E-state index contributed by atoms with van der Waals surface area (Å²) in [4.78, 5) is 11.0. The second kappa shape index (κ2) is 6.40. The first-order valence-corrected chi connectivity index (χ1v) is 9.56. The summed E-state index contributed by atoms with van der Waals surface area (Å²) in [7, 11) is -3.72. The number of rotatable bonds is 3. The maximum absolute atomic E-state index is 12.6. The second-order valence-electron chi connectivity index (χ2n) is 5.42. The van der Waals surface area contributed by atoms with Gasteiger partial charge in [0.2, 0.25) is 15.4 Å². The minimum atomic E-state index is -3.72. The molecule has 9 nitrogen and oxygen atoms in total. The highest BCUT2D eigenvalue weighted by atomic mass is 32.2. The summed E-state index contributed by atoms with van der Waals surface area (Å²) in [6, 6.07) is 0. The Bertz CT molecular complexity index is 673. The molecule has 0 bridgehead atoms. The lowest BCUT2D eigenvalue weighted by Crippen LogP contribution is -2.51. The number of anilines is 1. The van der Waals surface area contributed by atoms with Crippen LogP contribution in [-0.2, 0) is 24.3 Å². The number of carbonyl (C=O) groups is 1. The van der Waals surface area contributed by atoms with Gasteiger partial charge in [-0.3, -0.25) is 4.79 Å². The van der Waals surface area contributed by atoms with Gasteiger partial charge < -0.3 is 14.8 Å². The van der Waals surface area contributed by atoms with Crippen molar-refractivity contribution in [2.24, 2.45) is 0 Å². The number of sulfonamides is 1. The first-order chi connectivity index (χ1) is 10.9. The fourth-order valence-electron chi connectivity index (χ4n) is 2.60. The number of hydrogen-bond donors (Lipinski definition) is 1. The van der Waals surface area contributed by atoms with Gasteiger partial charge >= 0.3 is 0 Å². The Balaban J connectivity index is 1.69. The van der Waals surface area contributed by atoms with Gasteiger partial charge in [-0.05, 0) is 6.42 Å². The van der Waals surface area contributed by atoms with Crippen LogP contribution in [0.25, 0.3) is 0 Å². The lowest BCUT2D eigenvalue weighted by Gasteiger charge is -2.42. The predicted octanol–water partition coefficient (Wildman–Crippen LogP) is 0.414. The van der Waals surface area contributed by atoms with Crippen molar-refractivity contribution in [1.82, 2.24) is 14.5 Å². The van der Waals surface area contributed by atoms with Gasteiger partial charge in [0.1, 0.15) is 0 Å². The van der Waals surface area contributed by atoms with E-state index >= 15 is 0 Å². The Morgan fingerprint density at radius 1 is 1.26 bits per heavy atom. The molecule has 1 N–H and O–H groups in total. The molecule has 0 aromatic carbocycles. The molecule has 0 aliphatic carbocycles. The quantitative estimate of drug-likeness (QED) is 0.776. The van der Waals surface area contributed by atoms with Gasteiger partial charge in [-0.25, -0.2) is 8.42 Å². The van der Waals surface area contributed by atoms with Gasteiger partial charge in [0.25, 0.3) is 10.0 Å². The third kappa shape index (κ3) is 3.53. The molecule has 2 saturated heterocycles. The second-order valence-corrected chi connectivity index (χ2v) is 8.51. The highest BCUT2D eigenvalue weighted by molar-refractivity contribution is 7.91. The van der Waals surface area contributed by atoms with Crippen LogP contribution in [0.5, 0.6) is 0 Å². The van der Waals surface area contributed by atoms with Crippen LogP contribution in [0, 0.1) is 0 Å². The SMILES string of the molecule is CC(=O)Nc1nnc(S(=O)(=O)N2CCC3(CC2)OCCCO3)s1. The van der Waals surface area contributed by atoms with E-state index in [0.717, 1.165) is 17.8 Å². The van der Waals surface area contributed by atoms with Gasteiger partial charge in [-0.1, -0.05) is 11.3 Å². The van der Waals surface area contributed by atoms with Crippen molar-refractivity contribution in [3.05, 3.63) is 0 Å². The third-order valence-electron chi connectivity index (χ3n) is 3.75. The maximum atomic E-state index is 12.6. The third-order valence-corrected chi connectivity index (χ3v) is 6.84. The molecule has 3 heterocycles. The number of ether oxygens (including phenoxy) is 2. The molecule has 1 aromatic heterocycles. The molecule has 0 atom stereocenters. The number of aromatic nitrogens is 2. The minimum Gasteiger partial charge on any atom is -0.350 e. The fourth-order valence-corrected chi connectivity index (χ4v) is 5.12. The van der Waals surface area contributed by atoms with E-state index in [9.17, 15) is 13.2 Å². The summed E-state index contributed by atoms with van der Waals surface area (Å²) in [6.07, 6.45) is 1.84. The molecule has 0 unspecified atom stereocenters. The highest BCUT2D eigenvalue weighted by Crippen LogP contribution is 2.33. The molecule has 1 spiro atoms. The summed E-state index contributed by atoms with van der Waals surface area (Å²) < 4.78 is 37.8. The first-order valence-electron chi connectivity index (χ1n) is 7.30. The Hall–Kier alpha value is -1.14. The zero-order valence-corrected chi connectivity index (χ0v) is 14.3. The molecule has 1 aromatic rings. The van der Waals surface area contributed by atoms with Crippen LogP contribution in [0.2, 0.25) is 0 Å².